The third-order valence-electron chi connectivity index (χ3n) is 5.44. The molecule has 0 aliphatic carbocycles. The summed E-state index contributed by atoms with van der Waals surface area (Å²) in [5.41, 5.74) is 2.28. The van der Waals surface area contributed by atoms with Crippen LogP contribution in [-0.2, 0) is 15.3 Å². The maximum Gasteiger partial charge on any atom is 0.243 e. The van der Waals surface area contributed by atoms with Crippen molar-refractivity contribution in [3.8, 4) is 11.4 Å². The number of rotatable bonds is 9. The van der Waals surface area contributed by atoms with Crippen LogP contribution in [0.5, 0.6) is 5.75 Å². The summed E-state index contributed by atoms with van der Waals surface area (Å²) in [4.78, 5) is 13.6. The number of ether oxygens (including phenoxy) is 2. The lowest BCUT2D eigenvalue weighted by molar-refractivity contribution is -0.0886. The molecule has 0 N–H and O–H groups in total. The second kappa shape index (κ2) is 9.58. The fourth-order valence-electron chi connectivity index (χ4n) is 3.72. The smallest absolute Gasteiger partial charge is 0.243 e. The van der Waals surface area contributed by atoms with Crippen LogP contribution >= 0.6 is 11.3 Å². The molecule has 0 spiro atoms. The topological polar surface area (TPSA) is 61.1 Å². The van der Waals surface area contributed by atoms with E-state index in [0.717, 1.165) is 46.4 Å². The van der Waals surface area contributed by atoms with Gasteiger partial charge in [-0.2, -0.15) is 0 Å². The molecule has 0 saturated carbocycles. The molecule has 3 aromatic rings. The van der Waals surface area contributed by atoms with Crippen LogP contribution in [0.1, 0.15) is 29.5 Å². The summed E-state index contributed by atoms with van der Waals surface area (Å²) in [6.45, 7) is 5.47. The summed E-state index contributed by atoms with van der Waals surface area (Å²) in [5, 5.41) is 6.46. The molecule has 0 fully saturated rings. The van der Waals surface area contributed by atoms with E-state index >= 15 is 0 Å². The highest BCUT2D eigenvalue weighted by Crippen LogP contribution is 2.38. The van der Waals surface area contributed by atoms with Gasteiger partial charge in [0.1, 0.15) is 5.75 Å². The molecule has 168 valence electrons. The van der Waals surface area contributed by atoms with Crippen molar-refractivity contribution in [2.45, 2.75) is 26.0 Å². The van der Waals surface area contributed by atoms with Crippen molar-refractivity contribution in [1.29, 1.82) is 0 Å². The number of hydrogen-bond donors (Lipinski definition) is 0. The van der Waals surface area contributed by atoms with Gasteiger partial charge < -0.3 is 23.8 Å². The van der Waals surface area contributed by atoms with E-state index in [1.54, 1.807) is 31.9 Å². The molecule has 0 saturated heterocycles. The molecule has 4 rings (SSSR count). The minimum atomic E-state index is -0.623. The van der Waals surface area contributed by atoms with Gasteiger partial charge in [0.25, 0.3) is 0 Å². The zero-order chi connectivity index (χ0) is 22.6. The fourth-order valence-corrected chi connectivity index (χ4v) is 4.55. The Bertz CT molecular complexity index is 1110. The van der Waals surface area contributed by atoms with E-state index in [1.807, 2.05) is 54.1 Å². The van der Waals surface area contributed by atoms with E-state index in [4.69, 9.17) is 14.3 Å². The Morgan fingerprint density at radius 2 is 2.09 bits per heavy atom. The van der Waals surface area contributed by atoms with E-state index in [1.165, 1.54) is 0 Å². The quantitative estimate of drug-likeness (QED) is 0.436. The lowest BCUT2D eigenvalue weighted by Crippen LogP contribution is -2.43. The summed E-state index contributed by atoms with van der Waals surface area (Å²) >= 11 is 1.67. The van der Waals surface area contributed by atoms with Gasteiger partial charge in [-0.25, -0.2) is 4.98 Å². The molecule has 2 aromatic heterocycles. The Kier molecular flexibility index (Phi) is 6.62. The molecule has 1 unspecified atom stereocenters. The third-order valence-corrected chi connectivity index (χ3v) is 6.50. The van der Waals surface area contributed by atoms with E-state index in [0.29, 0.717) is 6.61 Å². The van der Waals surface area contributed by atoms with Crippen molar-refractivity contribution < 1.29 is 14.3 Å². The molecule has 1 atom stereocenters. The highest BCUT2D eigenvalue weighted by Gasteiger charge is 2.43. The number of oxime groups is 1. The van der Waals surface area contributed by atoms with Crippen molar-refractivity contribution in [3.05, 3.63) is 70.4 Å². The lowest BCUT2D eigenvalue weighted by atomic mass is 10.1. The monoisotopic (exact) mass is 452 g/mol. The molecule has 0 bridgehead atoms. The van der Waals surface area contributed by atoms with Crippen molar-refractivity contribution >= 4 is 23.2 Å². The molecular weight excluding hydrogens is 424 g/mol. The third kappa shape index (κ3) is 4.42. The van der Waals surface area contributed by atoms with Crippen LogP contribution in [0.15, 0.2) is 59.5 Å². The van der Waals surface area contributed by atoms with Crippen LogP contribution in [-0.4, -0.2) is 47.7 Å². The lowest BCUT2D eigenvalue weighted by Gasteiger charge is -2.33. The molecule has 1 aliphatic heterocycles. The van der Waals surface area contributed by atoms with E-state index in [2.05, 4.69) is 33.4 Å². The van der Waals surface area contributed by atoms with Crippen LogP contribution in [0.2, 0.25) is 0 Å². The molecule has 3 heterocycles. The Hall–Kier alpha value is -3.10. The van der Waals surface area contributed by atoms with Gasteiger partial charge in [0, 0.05) is 33.4 Å². The van der Waals surface area contributed by atoms with Crippen LogP contribution in [0.3, 0.4) is 0 Å². The fraction of sp³-hybridized carbons (Fsp3) is 0.333. The standard InChI is InChI=1S/C24H28N4O3S/c1-18-16-27(17-25-18)20-10-8-19(15-21(20)30-4)9-11-23-26-31-24(2,22-7-5-14-32-22)28(23)12-6-13-29-3/h5,7-11,14-17H,6,12-13H2,1-4H3. The highest BCUT2D eigenvalue weighted by molar-refractivity contribution is 7.10. The van der Waals surface area contributed by atoms with Gasteiger partial charge in [0.15, 0.2) is 5.84 Å². The number of methoxy groups -OCH3 is 2. The van der Waals surface area contributed by atoms with Crippen LogP contribution in [0.25, 0.3) is 11.8 Å². The zero-order valence-electron chi connectivity index (χ0n) is 18.8. The van der Waals surface area contributed by atoms with Gasteiger partial charge in [-0.15, -0.1) is 11.3 Å². The molecule has 1 aromatic carbocycles. The Morgan fingerprint density at radius 3 is 2.78 bits per heavy atom. The summed E-state index contributed by atoms with van der Waals surface area (Å²) in [5.74, 6) is 1.56. The van der Waals surface area contributed by atoms with Crippen molar-refractivity contribution in [3.63, 3.8) is 0 Å². The van der Waals surface area contributed by atoms with E-state index in [-0.39, 0.29) is 0 Å². The minimum absolute atomic E-state index is 0.623. The predicted octanol–water partition coefficient (Wildman–Crippen LogP) is 4.82. The molecular formula is C24H28N4O3S. The number of benzene rings is 1. The van der Waals surface area contributed by atoms with Crippen molar-refractivity contribution in [2.24, 2.45) is 5.16 Å². The summed E-state index contributed by atoms with van der Waals surface area (Å²) in [6.07, 6.45) is 8.65. The maximum atomic E-state index is 5.95. The summed E-state index contributed by atoms with van der Waals surface area (Å²) in [6, 6.07) is 10.2. The first-order valence-electron chi connectivity index (χ1n) is 10.5. The van der Waals surface area contributed by atoms with Gasteiger partial charge >= 0.3 is 0 Å². The number of imidazole rings is 1. The average Bonchev–Trinajstić information content (AvgIpc) is 3.55. The number of aromatic nitrogens is 2. The first-order chi connectivity index (χ1) is 15.5. The second-order valence-corrected chi connectivity index (χ2v) is 8.63. The van der Waals surface area contributed by atoms with Crippen LogP contribution in [0.4, 0.5) is 0 Å². The molecule has 7 nitrogen and oxygen atoms in total. The van der Waals surface area contributed by atoms with Gasteiger partial charge in [-0.05, 0) is 48.6 Å². The number of aryl methyl sites for hydroxylation is 1. The van der Waals surface area contributed by atoms with Gasteiger partial charge in [-0.3, -0.25) is 0 Å². The molecule has 0 radical (unpaired) electrons. The molecule has 0 amide bonds. The normalized spacial score (nSPS) is 18.2. The first kappa shape index (κ1) is 22.1. The number of hydrogen-bond acceptors (Lipinski definition) is 7. The molecule has 8 heteroatoms. The minimum Gasteiger partial charge on any atom is -0.495 e. The molecule has 1 aliphatic rings. The number of nitrogens with zero attached hydrogens (tertiary/aromatic N) is 4. The Morgan fingerprint density at radius 1 is 1.22 bits per heavy atom. The van der Waals surface area contributed by atoms with Crippen LogP contribution < -0.4 is 4.74 Å². The van der Waals surface area contributed by atoms with Gasteiger partial charge in [0.2, 0.25) is 5.72 Å². The van der Waals surface area contributed by atoms with E-state index in [9.17, 15) is 0 Å². The first-order valence-corrected chi connectivity index (χ1v) is 11.4. The second-order valence-electron chi connectivity index (χ2n) is 7.69. The number of amidine groups is 1. The summed E-state index contributed by atoms with van der Waals surface area (Å²) < 4.78 is 12.8. The van der Waals surface area contributed by atoms with Gasteiger partial charge in [0.05, 0.1) is 29.7 Å². The number of thiophene rings is 1. The highest BCUT2D eigenvalue weighted by atomic mass is 32.1. The van der Waals surface area contributed by atoms with Crippen LogP contribution in [0, 0.1) is 6.92 Å². The largest absolute Gasteiger partial charge is 0.495 e. The Balaban J connectivity index is 1.57. The zero-order valence-corrected chi connectivity index (χ0v) is 19.6. The van der Waals surface area contributed by atoms with E-state index < -0.39 is 5.72 Å². The Labute approximate surface area is 192 Å². The van der Waals surface area contributed by atoms with Gasteiger partial charge in [-0.1, -0.05) is 23.4 Å². The maximum absolute atomic E-state index is 5.95. The SMILES string of the molecule is COCCCN1C(C=Cc2ccc(-n3cnc(C)c3)c(OC)c2)=NOC1(C)c1cccs1. The summed E-state index contributed by atoms with van der Waals surface area (Å²) in [7, 11) is 3.39. The molecule has 32 heavy (non-hydrogen) atoms. The van der Waals surface area contributed by atoms with Crippen molar-refractivity contribution in [2.75, 3.05) is 27.4 Å². The average molecular weight is 453 g/mol. The van der Waals surface area contributed by atoms with Crippen molar-refractivity contribution in [1.82, 2.24) is 14.5 Å². The predicted molar refractivity (Wildman–Crippen MR) is 127 cm³/mol.